The molecule has 1 aromatic heterocycles. The van der Waals surface area contributed by atoms with Gasteiger partial charge in [-0.25, -0.2) is 9.59 Å². The number of aryl methyl sites for hydroxylation is 1. The topological polar surface area (TPSA) is 55.8 Å². The number of nitrogens with zero attached hydrogens (tertiary/aromatic N) is 1. The minimum Gasteiger partial charge on any atom is -0.468 e. The van der Waals surface area contributed by atoms with Gasteiger partial charge in [0.1, 0.15) is 6.04 Å². The highest BCUT2D eigenvalue weighted by Crippen LogP contribution is 2.37. The number of carbonyl (C=O) groups is 2. The van der Waals surface area contributed by atoms with Crippen molar-refractivity contribution in [3.05, 3.63) is 93.9 Å². The number of benzene rings is 2. The summed E-state index contributed by atoms with van der Waals surface area (Å²) < 4.78 is 10.7. The highest BCUT2D eigenvalue weighted by Gasteiger charge is 2.33. The second-order valence-corrected chi connectivity index (χ2v) is 8.78. The zero-order valence-electron chi connectivity index (χ0n) is 18.1. The van der Waals surface area contributed by atoms with Crippen LogP contribution in [0.4, 0.5) is 0 Å². The van der Waals surface area contributed by atoms with Crippen molar-refractivity contribution in [2.75, 3.05) is 13.7 Å². The molecule has 0 N–H and O–H groups in total. The van der Waals surface area contributed by atoms with Crippen molar-refractivity contribution in [1.82, 2.24) is 4.90 Å². The van der Waals surface area contributed by atoms with Crippen molar-refractivity contribution < 1.29 is 19.1 Å². The van der Waals surface area contributed by atoms with E-state index in [1.54, 1.807) is 6.08 Å². The van der Waals surface area contributed by atoms with Crippen LogP contribution in [0.3, 0.4) is 0 Å². The molecular weight excluding hydrogens is 422 g/mol. The number of hydrogen-bond acceptors (Lipinski definition) is 6. The van der Waals surface area contributed by atoms with Gasteiger partial charge in [0.2, 0.25) is 0 Å². The van der Waals surface area contributed by atoms with Crippen LogP contribution in [0.15, 0.2) is 66.7 Å². The summed E-state index contributed by atoms with van der Waals surface area (Å²) in [4.78, 5) is 28.2. The molecule has 1 aliphatic heterocycles. The maximum Gasteiger partial charge on any atom is 0.336 e. The molecular formula is C26H25NO4S. The largest absolute Gasteiger partial charge is 0.468 e. The lowest BCUT2D eigenvalue weighted by atomic mass is 9.97. The van der Waals surface area contributed by atoms with E-state index in [4.69, 9.17) is 9.47 Å². The number of ether oxygens (including phenoxy) is 2. The molecule has 0 unspecified atom stereocenters. The predicted octanol–water partition coefficient (Wildman–Crippen LogP) is 4.95. The summed E-state index contributed by atoms with van der Waals surface area (Å²) in [5.41, 5.74) is 4.03. The average molecular weight is 448 g/mol. The van der Waals surface area contributed by atoms with E-state index < -0.39 is 12.0 Å². The van der Waals surface area contributed by atoms with E-state index in [2.05, 4.69) is 4.90 Å². The lowest BCUT2D eigenvalue weighted by molar-refractivity contribution is -0.147. The van der Waals surface area contributed by atoms with Crippen LogP contribution in [0, 0.1) is 6.92 Å². The molecule has 0 spiro atoms. The SMILES string of the molecule is COC(=O)[C@H](c1ccccc1C)N1CCc2sc(OC(=O)/C=C/c3ccccc3)cc2C1. The Morgan fingerprint density at radius 3 is 2.59 bits per heavy atom. The third-order valence-corrected chi connectivity index (χ3v) is 6.67. The number of thiophene rings is 1. The lowest BCUT2D eigenvalue weighted by Gasteiger charge is -2.33. The molecule has 0 fully saturated rings. The molecule has 3 aromatic rings. The maximum absolute atomic E-state index is 12.7. The molecule has 0 aliphatic carbocycles. The number of fused-ring (bicyclic) bond motifs is 1. The molecule has 6 heteroatoms. The molecule has 0 radical (unpaired) electrons. The van der Waals surface area contributed by atoms with Gasteiger partial charge in [-0.3, -0.25) is 4.90 Å². The molecule has 164 valence electrons. The van der Waals surface area contributed by atoms with Crippen LogP contribution >= 0.6 is 11.3 Å². The second kappa shape index (κ2) is 9.94. The van der Waals surface area contributed by atoms with Gasteiger partial charge in [-0.05, 0) is 47.7 Å². The third-order valence-electron chi connectivity index (χ3n) is 5.56. The highest BCUT2D eigenvalue weighted by molar-refractivity contribution is 7.14. The minimum absolute atomic E-state index is 0.268. The first-order valence-electron chi connectivity index (χ1n) is 10.5. The Hall–Kier alpha value is -3.22. The van der Waals surface area contributed by atoms with Crippen molar-refractivity contribution in [2.45, 2.75) is 25.9 Å². The van der Waals surface area contributed by atoms with Gasteiger partial charge in [0.15, 0.2) is 5.06 Å². The Morgan fingerprint density at radius 2 is 1.84 bits per heavy atom. The Balaban J connectivity index is 1.48. The van der Waals surface area contributed by atoms with Crippen LogP contribution in [0.1, 0.15) is 33.2 Å². The summed E-state index contributed by atoms with van der Waals surface area (Å²) >= 11 is 1.49. The number of rotatable bonds is 6. The molecule has 2 aromatic carbocycles. The molecule has 2 heterocycles. The first-order chi connectivity index (χ1) is 15.5. The van der Waals surface area contributed by atoms with E-state index in [9.17, 15) is 9.59 Å². The summed E-state index contributed by atoms with van der Waals surface area (Å²) in [5.74, 6) is -0.674. The summed E-state index contributed by atoms with van der Waals surface area (Å²) in [7, 11) is 1.42. The van der Waals surface area contributed by atoms with Crippen LogP contribution in [0.25, 0.3) is 6.08 Å². The molecule has 4 rings (SSSR count). The van der Waals surface area contributed by atoms with E-state index in [0.29, 0.717) is 11.6 Å². The van der Waals surface area contributed by atoms with Crippen molar-refractivity contribution in [2.24, 2.45) is 0 Å². The quantitative estimate of drug-likeness (QED) is 0.395. The van der Waals surface area contributed by atoms with E-state index in [0.717, 1.165) is 35.2 Å². The average Bonchev–Trinajstić information content (AvgIpc) is 3.21. The Morgan fingerprint density at radius 1 is 1.09 bits per heavy atom. The smallest absolute Gasteiger partial charge is 0.336 e. The van der Waals surface area contributed by atoms with Gasteiger partial charge < -0.3 is 9.47 Å². The maximum atomic E-state index is 12.7. The molecule has 1 aliphatic rings. The zero-order valence-corrected chi connectivity index (χ0v) is 18.9. The van der Waals surface area contributed by atoms with E-state index in [1.807, 2.05) is 67.6 Å². The Bertz CT molecular complexity index is 1140. The van der Waals surface area contributed by atoms with Crippen molar-refractivity contribution in [3.8, 4) is 5.06 Å². The van der Waals surface area contributed by atoms with Crippen LogP contribution in [0.2, 0.25) is 0 Å². The molecule has 1 atom stereocenters. The number of hydrogen-bond donors (Lipinski definition) is 0. The summed E-state index contributed by atoms with van der Waals surface area (Å²) in [6, 6.07) is 19.0. The van der Waals surface area contributed by atoms with E-state index in [1.165, 1.54) is 29.4 Å². The fourth-order valence-corrected chi connectivity index (χ4v) is 4.95. The Labute approximate surface area is 191 Å². The molecule has 0 amide bonds. The third kappa shape index (κ3) is 4.98. The van der Waals surface area contributed by atoms with Crippen LogP contribution < -0.4 is 4.74 Å². The number of methoxy groups -OCH3 is 1. The monoisotopic (exact) mass is 447 g/mol. The van der Waals surface area contributed by atoms with Crippen LogP contribution in [0.5, 0.6) is 5.06 Å². The van der Waals surface area contributed by atoms with Gasteiger partial charge in [-0.2, -0.15) is 0 Å². The molecule has 0 saturated carbocycles. The van der Waals surface area contributed by atoms with Gasteiger partial charge in [0.25, 0.3) is 0 Å². The van der Waals surface area contributed by atoms with E-state index in [-0.39, 0.29) is 5.97 Å². The van der Waals surface area contributed by atoms with Crippen molar-refractivity contribution >= 4 is 29.4 Å². The first-order valence-corrected chi connectivity index (χ1v) is 11.3. The minimum atomic E-state index is -0.464. The molecule has 5 nitrogen and oxygen atoms in total. The Kier molecular flexibility index (Phi) is 6.83. The number of esters is 2. The molecule has 32 heavy (non-hydrogen) atoms. The number of carbonyl (C=O) groups excluding carboxylic acids is 2. The fraction of sp³-hybridized carbons (Fsp3) is 0.231. The predicted molar refractivity (Wildman–Crippen MR) is 125 cm³/mol. The summed E-state index contributed by atoms with van der Waals surface area (Å²) in [5, 5.41) is 0.574. The van der Waals surface area contributed by atoms with E-state index >= 15 is 0 Å². The van der Waals surface area contributed by atoms with Crippen LogP contribution in [-0.4, -0.2) is 30.5 Å². The normalized spacial score (nSPS) is 14.7. The molecule has 0 saturated heterocycles. The van der Waals surface area contributed by atoms with Gasteiger partial charge in [-0.1, -0.05) is 54.6 Å². The van der Waals surface area contributed by atoms with Crippen LogP contribution in [-0.2, 0) is 27.3 Å². The van der Waals surface area contributed by atoms with Gasteiger partial charge >= 0.3 is 11.9 Å². The highest BCUT2D eigenvalue weighted by atomic mass is 32.1. The molecule has 0 bridgehead atoms. The van der Waals surface area contributed by atoms with Crippen molar-refractivity contribution in [1.29, 1.82) is 0 Å². The summed E-state index contributed by atoms with van der Waals surface area (Å²) in [6.45, 7) is 3.33. The van der Waals surface area contributed by atoms with Gasteiger partial charge in [0, 0.05) is 24.0 Å². The lowest BCUT2D eigenvalue weighted by Crippen LogP contribution is -2.38. The zero-order chi connectivity index (χ0) is 22.5. The summed E-state index contributed by atoms with van der Waals surface area (Å²) in [6.07, 6.45) is 3.96. The fourth-order valence-electron chi connectivity index (χ4n) is 3.94. The van der Waals surface area contributed by atoms with Gasteiger partial charge in [0.05, 0.1) is 7.11 Å². The standard InChI is InChI=1S/C26H25NO4S/c1-18-8-6-7-11-21(18)25(26(29)30-2)27-15-14-22-20(17-27)16-24(32-22)31-23(28)13-12-19-9-4-3-5-10-19/h3-13,16,25H,14-15,17H2,1-2H3/b13-12+/t25-/m0/s1. The van der Waals surface area contributed by atoms with Crippen molar-refractivity contribution in [3.63, 3.8) is 0 Å². The first kappa shape index (κ1) is 22.0. The van der Waals surface area contributed by atoms with Gasteiger partial charge in [-0.15, -0.1) is 11.3 Å². The second-order valence-electron chi connectivity index (χ2n) is 7.68.